The number of rotatable bonds is 6. The standard InChI is InChI=1S/C19H23F3N4O2/c1-13(14-4-6-16(7-5-14)28-12-19(20,21)22)24-18(27)17-8-10-26(25-17)15-3-2-9-23-11-15/h4-8,10,13,15,23H,2-3,9,11-12H2,1H3,(H,24,27). The lowest BCUT2D eigenvalue weighted by atomic mass is 10.1. The Kier molecular flexibility index (Phi) is 6.23. The SMILES string of the molecule is CC(NC(=O)c1ccn(C2CCCNC2)n1)c1ccc(OCC(F)(F)F)cc1. The van der Waals surface area contributed by atoms with Gasteiger partial charge in [-0.3, -0.25) is 9.48 Å². The van der Waals surface area contributed by atoms with E-state index in [9.17, 15) is 18.0 Å². The third-order valence-electron chi connectivity index (χ3n) is 4.62. The number of benzene rings is 1. The molecule has 0 spiro atoms. The van der Waals surface area contributed by atoms with E-state index >= 15 is 0 Å². The number of carbonyl (C=O) groups excluding carboxylic acids is 1. The van der Waals surface area contributed by atoms with Gasteiger partial charge in [0.15, 0.2) is 6.61 Å². The summed E-state index contributed by atoms with van der Waals surface area (Å²) in [7, 11) is 0. The predicted molar refractivity (Wildman–Crippen MR) is 97.2 cm³/mol. The van der Waals surface area contributed by atoms with E-state index in [0.29, 0.717) is 5.69 Å². The van der Waals surface area contributed by atoms with E-state index in [-0.39, 0.29) is 23.7 Å². The number of ether oxygens (including phenoxy) is 1. The molecule has 0 radical (unpaired) electrons. The molecule has 0 bridgehead atoms. The number of alkyl halides is 3. The average molecular weight is 396 g/mol. The molecule has 1 amide bonds. The zero-order valence-corrected chi connectivity index (χ0v) is 15.5. The molecule has 1 saturated heterocycles. The summed E-state index contributed by atoms with van der Waals surface area (Å²) < 4.78 is 43.1. The summed E-state index contributed by atoms with van der Waals surface area (Å²) in [6.45, 7) is 2.30. The number of piperidine rings is 1. The van der Waals surface area contributed by atoms with E-state index in [4.69, 9.17) is 0 Å². The molecule has 6 nitrogen and oxygen atoms in total. The van der Waals surface area contributed by atoms with Crippen LogP contribution in [0.3, 0.4) is 0 Å². The second-order valence-electron chi connectivity index (χ2n) is 6.85. The van der Waals surface area contributed by atoms with Crippen LogP contribution in [0.4, 0.5) is 13.2 Å². The summed E-state index contributed by atoms with van der Waals surface area (Å²) in [6.07, 6.45) is -0.471. The highest BCUT2D eigenvalue weighted by molar-refractivity contribution is 5.92. The minimum absolute atomic E-state index is 0.124. The Morgan fingerprint density at radius 1 is 1.36 bits per heavy atom. The first-order chi connectivity index (χ1) is 13.3. The molecule has 2 atom stereocenters. The van der Waals surface area contributed by atoms with E-state index in [1.54, 1.807) is 25.1 Å². The quantitative estimate of drug-likeness (QED) is 0.787. The van der Waals surface area contributed by atoms with Crippen LogP contribution in [0.15, 0.2) is 36.5 Å². The Morgan fingerprint density at radius 2 is 2.11 bits per heavy atom. The Morgan fingerprint density at radius 3 is 2.75 bits per heavy atom. The van der Waals surface area contributed by atoms with Crippen LogP contribution in [-0.4, -0.2) is 41.6 Å². The van der Waals surface area contributed by atoms with Crippen LogP contribution in [0.2, 0.25) is 0 Å². The predicted octanol–water partition coefficient (Wildman–Crippen LogP) is 3.24. The van der Waals surface area contributed by atoms with Crippen molar-refractivity contribution in [2.45, 2.75) is 38.0 Å². The summed E-state index contributed by atoms with van der Waals surface area (Å²) in [6, 6.07) is 7.77. The van der Waals surface area contributed by atoms with Gasteiger partial charge in [-0.1, -0.05) is 12.1 Å². The molecule has 0 saturated carbocycles. The maximum Gasteiger partial charge on any atom is 0.422 e. The maximum absolute atomic E-state index is 12.5. The topological polar surface area (TPSA) is 68.2 Å². The molecular weight excluding hydrogens is 373 g/mol. The van der Waals surface area contributed by atoms with Crippen molar-refractivity contribution in [1.29, 1.82) is 0 Å². The van der Waals surface area contributed by atoms with E-state index in [1.807, 2.05) is 10.9 Å². The maximum atomic E-state index is 12.5. The van der Waals surface area contributed by atoms with E-state index < -0.39 is 12.8 Å². The zero-order chi connectivity index (χ0) is 20.1. The molecule has 3 rings (SSSR count). The molecule has 152 valence electrons. The summed E-state index contributed by atoms with van der Waals surface area (Å²) in [5, 5.41) is 10.5. The van der Waals surface area contributed by atoms with Gasteiger partial charge in [-0.2, -0.15) is 18.3 Å². The van der Waals surface area contributed by atoms with Crippen molar-refractivity contribution in [2.75, 3.05) is 19.7 Å². The van der Waals surface area contributed by atoms with Gasteiger partial charge in [0.05, 0.1) is 12.1 Å². The molecule has 1 aliphatic heterocycles. The number of nitrogens with zero attached hydrogens (tertiary/aromatic N) is 2. The summed E-state index contributed by atoms with van der Waals surface area (Å²) >= 11 is 0. The number of halogens is 3. The number of aromatic nitrogens is 2. The molecule has 2 aromatic rings. The Balaban J connectivity index is 1.56. The smallest absolute Gasteiger partial charge is 0.422 e. The second kappa shape index (κ2) is 8.64. The number of carbonyl (C=O) groups is 1. The molecule has 1 aromatic carbocycles. The van der Waals surface area contributed by atoms with Gasteiger partial charge in [-0.25, -0.2) is 0 Å². The molecule has 1 aliphatic rings. The lowest BCUT2D eigenvalue weighted by Gasteiger charge is -2.22. The number of hydrogen-bond donors (Lipinski definition) is 2. The van der Waals surface area contributed by atoms with Crippen LogP contribution >= 0.6 is 0 Å². The van der Waals surface area contributed by atoms with Crippen molar-refractivity contribution < 1.29 is 22.7 Å². The van der Waals surface area contributed by atoms with Gasteiger partial charge in [0.2, 0.25) is 0 Å². The zero-order valence-electron chi connectivity index (χ0n) is 15.5. The summed E-state index contributed by atoms with van der Waals surface area (Å²) in [5.41, 5.74) is 1.09. The van der Waals surface area contributed by atoms with Crippen LogP contribution in [0.25, 0.3) is 0 Å². The monoisotopic (exact) mass is 396 g/mol. The highest BCUT2D eigenvalue weighted by atomic mass is 19.4. The highest BCUT2D eigenvalue weighted by Crippen LogP contribution is 2.21. The van der Waals surface area contributed by atoms with Crippen molar-refractivity contribution in [3.63, 3.8) is 0 Å². The van der Waals surface area contributed by atoms with Gasteiger partial charge in [0.25, 0.3) is 5.91 Å². The molecule has 0 aliphatic carbocycles. The van der Waals surface area contributed by atoms with Crippen LogP contribution in [0.5, 0.6) is 5.75 Å². The highest BCUT2D eigenvalue weighted by Gasteiger charge is 2.28. The van der Waals surface area contributed by atoms with Crippen LogP contribution < -0.4 is 15.4 Å². The van der Waals surface area contributed by atoms with E-state index in [1.165, 1.54) is 12.1 Å². The summed E-state index contributed by atoms with van der Waals surface area (Å²) in [5.74, 6) is -0.174. The van der Waals surface area contributed by atoms with E-state index in [2.05, 4.69) is 20.5 Å². The average Bonchev–Trinajstić information content (AvgIpc) is 3.17. The fraction of sp³-hybridized carbons (Fsp3) is 0.474. The van der Waals surface area contributed by atoms with E-state index in [0.717, 1.165) is 31.5 Å². The van der Waals surface area contributed by atoms with Crippen molar-refractivity contribution >= 4 is 5.91 Å². The molecule has 2 unspecified atom stereocenters. The molecule has 2 N–H and O–H groups in total. The number of nitrogens with one attached hydrogen (secondary N) is 2. The second-order valence-corrected chi connectivity index (χ2v) is 6.85. The number of amides is 1. The molecule has 1 aromatic heterocycles. The summed E-state index contributed by atoms with van der Waals surface area (Å²) in [4.78, 5) is 12.5. The third-order valence-corrected chi connectivity index (χ3v) is 4.62. The third kappa shape index (κ3) is 5.48. The van der Waals surface area contributed by atoms with Gasteiger partial charge >= 0.3 is 6.18 Å². The Labute approximate surface area is 161 Å². The fourth-order valence-electron chi connectivity index (χ4n) is 3.09. The minimum Gasteiger partial charge on any atom is -0.484 e. The molecule has 9 heteroatoms. The van der Waals surface area contributed by atoms with Crippen molar-refractivity contribution in [3.8, 4) is 5.75 Å². The van der Waals surface area contributed by atoms with Gasteiger partial charge in [0.1, 0.15) is 11.4 Å². The van der Waals surface area contributed by atoms with Gasteiger partial charge in [-0.15, -0.1) is 0 Å². The Bertz CT molecular complexity index is 783. The van der Waals surface area contributed by atoms with Crippen LogP contribution in [-0.2, 0) is 0 Å². The molecule has 28 heavy (non-hydrogen) atoms. The first-order valence-electron chi connectivity index (χ1n) is 9.18. The molecular formula is C19H23F3N4O2. The van der Waals surface area contributed by atoms with Crippen molar-refractivity contribution in [3.05, 3.63) is 47.8 Å². The van der Waals surface area contributed by atoms with Gasteiger partial charge < -0.3 is 15.4 Å². The first-order valence-corrected chi connectivity index (χ1v) is 9.18. The van der Waals surface area contributed by atoms with Gasteiger partial charge in [0, 0.05) is 12.7 Å². The van der Waals surface area contributed by atoms with Crippen molar-refractivity contribution in [2.24, 2.45) is 0 Å². The van der Waals surface area contributed by atoms with Crippen LogP contribution in [0, 0.1) is 0 Å². The minimum atomic E-state index is -4.38. The largest absolute Gasteiger partial charge is 0.484 e. The Hall–Kier alpha value is -2.55. The fourth-order valence-corrected chi connectivity index (χ4v) is 3.09. The van der Waals surface area contributed by atoms with Crippen molar-refractivity contribution in [1.82, 2.24) is 20.4 Å². The lowest BCUT2D eigenvalue weighted by molar-refractivity contribution is -0.153. The lowest BCUT2D eigenvalue weighted by Crippen LogP contribution is -2.32. The molecule has 2 heterocycles. The first kappa shape index (κ1) is 20.2. The normalized spacial score (nSPS) is 18.5. The van der Waals surface area contributed by atoms with Gasteiger partial charge in [-0.05, 0) is 50.1 Å². The number of hydrogen-bond acceptors (Lipinski definition) is 4. The molecule has 1 fully saturated rings. The van der Waals surface area contributed by atoms with Crippen LogP contribution in [0.1, 0.15) is 47.9 Å².